The maximum absolute atomic E-state index is 13.3. The standard InChI is InChI=1S/C23H21N3O2.C2HF3O2/c1-26-21(27)23(25-22(26)24,18-10-4-3-5-11-18)19-12-6-8-16(14-19)17-9-7-13-20(15-17)28-2;3-2(4,5)1(6)7/h3-15H,1-2H3,(H2,24,25);(H,6,7). The van der Waals surface area contributed by atoms with Crippen molar-refractivity contribution in [2.75, 3.05) is 14.2 Å². The molecule has 4 rings (SSSR count). The Morgan fingerprint density at radius 3 is 2.03 bits per heavy atom. The van der Waals surface area contributed by atoms with Crippen molar-refractivity contribution < 1.29 is 32.6 Å². The summed E-state index contributed by atoms with van der Waals surface area (Å²) >= 11 is 0. The number of ether oxygens (including phenoxy) is 1. The minimum Gasteiger partial charge on any atom is -0.497 e. The molecule has 1 atom stereocenters. The summed E-state index contributed by atoms with van der Waals surface area (Å²) in [5, 5.41) is 7.12. The molecule has 182 valence electrons. The smallest absolute Gasteiger partial charge is 0.490 e. The van der Waals surface area contributed by atoms with Crippen LogP contribution in [-0.2, 0) is 15.1 Å². The lowest BCUT2D eigenvalue weighted by Crippen LogP contribution is -2.41. The van der Waals surface area contributed by atoms with Crippen molar-refractivity contribution in [2.45, 2.75) is 11.7 Å². The topological polar surface area (TPSA) is 105 Å². The number of carboxylic acid groups (broad SMARTS) is 1. The number of alkyl halides is 3. The zero-order valence-electron chi connectivity index (χ0n) is 18.8. The van der Waals surface area contributed by atoms with Crippen molar-refractivity contribution in [1.29, 1.82) is 0 Å². The highest BCUT2D eigenvalue weighted by atomic mass is 19.4. The summed E-state index contributed by atoms with van der Waals surface area (Å²) in [6.07, 6.45) is -5.08. The van der Waals surface area contributed by atoms with Gasteiger partial charge in [-0.05, 0) is 40.5 Å². The van der Waals surface area contributed by atoms with Crippen molar-refractivity contribution in [3.63, 3.8) is 0 Å². The lowest BCUT2D eigenvalue weighted by atomic mass is 9.82. The maximum Gasteiger partial charge on any atom is 0.490 e. The highest BCUT2D eigenvalue weighted by Gasteiger charge is 2.49. The summed E-state index contributed by atoms with van der Waals surface area (Å²) in [5.74, 6) is -1.94. The number of rotatable bonds is 4. The first-order chi connectivity index (χ1) is 16.5. The van der Waals surface area contributed by atoms with Crippen molar-refractivity contribution in [3.05, 3.63) is 90.0 Å². The molecule has 0 fully saturated rings. The number of methoxy groups -OCH3 is 1. The number of carbonyl (C=O) groups is 2. The number of carbonyl (C=O) groups excluding carboxylic acids is 1. The molecule has 3 aromatic carbocycles. The third-order valence-corrected chi connectivity index (χ3v) is 5.36. The van der Waals surface area contributed by atoms with E-state index in [0.29, 0.717) is 0 Å². The fourth-order valence-electron chi connectivity index (χ4n) is 3.59. The van der Waals surface area contributed by atoms with Crippen LogP contribution in [0.15, 0.2) is 83.9 Å². The van der Waals surface area contributed by atoms with Crippen molar-refractivity contribution in [1.82, 2.24) is 4.90 Å². The normalized spacial score (nSPS) is 17.3. The van der Waals surface area contributed by atoms with E-state index in [-0.39, 0.29) is 11.9 Å². The molecule has 0 spiro atoms. The van der Waals surface area contributed by atoms with E-state index in [0.717, 1.165) is 28.0 Å². The van der Waals surface area contributed by atoms with E-state index >= 15 is 0 Å². The fraction of sp³-hybridized carbons (Fsp3) is 0.160. The average molecular weight is 485 g/mol. The summed E-state index contributed by atoms with van der Waals surface area (Å²) in [6, 6.07) is 25.2. The van der Waals surface area contributed by atoms with Gasteiger partial charge in [-0.25, -0.2) is 9.79 Å². The van der Waals surface area contributed by atoms with Crippen LogP contribution in [0, 0.1) is 0 Å². The second kappa shape index (κ2) is 9.88. The summed E-state index contributed by atoms with van der Waals surface area (Å²) < 4.78 is 37.1. The van der Waals surface area contributed by atoms with E-state index in [1.807, 2.05) is 78.9 Å². The van der Waals surface area contributed by atoms with Gasteiger partial charge in [0.2, 0.25) is 0 Å². The largest absolute Gasteiger partial charge is 0.497 e. The number of hydrogen-bond donors (Lipinski definition) is 2. The first-order valence-corrected chi connectivity index (χ1v) is 10.2. The van der Waals surface area contributed by atoms with E-state index in [1.54, 1.807) is 14.2 Å². The van der Waals surface area contributed by atoms with E-state index in [4.69, 9.17) is 20.4 Å². The molecular weight excluding hydrogens is 463 g/mol. The molecule has 0 saturated heterocycles. The van der Waals surface area contributed by atoms with Gasteiger partial charge in [0.25, 0.3) is 5.91 Å². The van der Waals surface area contributed by atoms with Crippen LogP contribution in [0.4, 0.5) is 13.2 Å². The Labute approximate surface area is 199 Å². The van der Waals surface area contributed by atoms with Crippen molar-refractivity contribution in [2.24, 2.45) is 10.7 Å². The van der Waals surface area contributed by atoms with Gasteiger partial charge in [0.05, 0.1) is 7.11 Å². The number of halogens is 3. The van der Waals surface area contributed by atoms with Crippen molar-refractivity contribution in [3.8, 4) is 16.9 Å². The Balaban J connectivity index is 0.000000429. The third kappa shape index (κ3) is 5.11. The third-order valence-electron chi connectivity index (χ3n) is 5.36. The monoisotopic (exact) mass is 485 g/mol. The Morgan fingerprint density at radius 1 is 0.971 bits per heavy atom. The maximum atomic E-state index is 13.3. The highest BCUT2D eigenvalue weighted by molar-refractivity contribution is 6.09. The van der Waals surface area contributed by atoms with Gasteiger partial charge in [-0.15, -0.1) is 0 Å². The van der Waals surface area contributed by atoms with Gasteiger partial charge < -0.3 is 15.6 Å². The number of aliphatic imine (C=N–C) groups is 1. The Morgan fingerprint density at radius 2 is 1.51 bits per heavy atom. The molecule has 0 aromatic heterocycles. The predicted octanol–water partition coefficient (Wildman–Crippen LogP) is 4.03. The number of carboxylic acids is 1. The molecule has 1 unspecified atom stereocenters. The fourth-order valence-corrected chi connectivity index (χ4v) is 3.59. The molecule has 0 bridgehead atoms. The first-order valence-electron chi connectivity index (χ1n) is 10.2. The van der Waals surface area contributed by atoms with Crippen LogP contribution >= 0.6 is 0 Å². The number of benzene rings is 3. The predicted molar refractivity (Wildman–Crippen MR) is 124 cm³/mol. The second-order valence-corrected chi connectivity index (χ2v) is 7.53. The molecule has 1 heterocycles. The van der Waals surface area contributed by atoms with Gasteiger partial charge >= 0.3 is 12.1 Å². The van der Waals surface area contributed by atoms with E-state index in [9.17, 15) is 18.0 Å². The van der Waals surface area contributed by atoms with Gasteiger partial charge in [-0.2, -0.15) is 13.2 Å². The Hall–Kier alpha value is -4.34. The minimum atomic E-state index is -5.08. The molecule has 7 nitrogen and oxygen atoms in total. The van der Waals surface area contributed by atoms with Gasteiger partial charge in [0, 0.05) is 7.05 Å². The van der Waals surface area contributed by atoms with E-state index < -0.39 is 17.7 Å². The van der Waals surface area contributed by atoms with Crippen molar-refractivity contribution >= 4 is 17.8 Å². The summed E-state index contributed by atoms with van der Waals surface area (Å²) in [6.45, 7) is 0. The lowest BCUT2D eigenvalue weighted by Gasteiger charge is -2.26. The van der Waals surface area contributed by atoms with Crippen LogP contribution in [0.25, 0.3) is 11.1 Å². The Kier molecular flexibility index (Phi) is 7.14. The number of amides is 1. The number of hydrogen-bond acceptors (Lipinski definition) is 5. The molecule has 0 saturated carbocycles. The molecule has 10 heteroatoms. The zero-order chi connectivity index (χ0) is 25.8. The van der Waals surface area contributed by atoms with Crippen LogP contribution in [0.5, 0.6) is 5.75 Å². The number of aliphatic carboxylic acids is 1. The van der Waals surface area contributed by atoms with E-state index in [1.165, 1.54) is 4.90 Å². The number of guanidine groups is 1. The molecule has 0 aliphatic carbocycles. The molecule has 3 aromatic rings. The number of nitrogens with zero attached hydrogens (tertiary/aromatic N) is 2. The highest BCUT2D eigenvalue weighted by Crippen LogP contribution is 2.40. The van der Waals surface area contributed by atoms with Crippen LogP contribution in [0.3, 0.4) is 0 Å². The molecule has 35 heavy (non-hydrogen) atoms. The number of likely N-dealkylation sites (N-methyl/N-ethyl adjacent to an activating group) is 1. The van der Waals surface area contributed by atoms with Crippen LogP contribution in [0.2, 0.25) is 0 Å². The second-order valence-electron chi connectivity index (χ2n) is 7.53. The lowest BCUT2D eigenvalue weighted by molar-refractivity contribution is -0.192. The minimum absolute atomic E-state index is 0.168. The van der Waals surface area contributed by atoms with Crippen LogP contribution in [0.1, 0.15) is 11.1 Å². The molecule has 1 aliphatic heterocycles. The van der Waals surface area contributed by atoms with Gasteiger partial charge in [-0.1, -0.05) is 60.7 Å². The van der Waals surface area contributed by atoms with E-state index in [2.05, 4.69) is 4.99 Å². The van der Waals surface area contributed by atoms with Gasteiger partial charge in [-0.3, -0.25) is 9.69 Å². The van der Waals surface area contributed by atoms with Crippen LogP contribution < -0.4 is 10.5 Å². The molecular formula is C25H22F3N3O4. The van der Waals surface area contributed by atoms with Crippen LogP contribution in [-0.4, -0.2) is 48.2 Å². The molecule has 0 radical (unpaired) electrons. The van der Waals surface area contributed by atoms with Gasteiger partial charge in [0.1, 0.15) is 5.75 Å². The Bertz CT molecular complexity index is 1260. The summed E-state index contributed by atoms with van der Waals surface area (Å²) in [5.41, 5.74) is 8.40. The molecule has 1 aliphatic rings. The van der Waals surface area contributed by atoms with Gasteiger partial charge in [0.15, 0.2) is 11.5 Å². The quantitative estimate of drug-likeness (QED) is 0.581. The average Bonchev–Trinajstić information content (AvgIpc) is 3.09. The molecule has 1 amide bonds. The number of nitrogens with two attached hydrogens (primary N) is 1. The summed E-state index contributed by atoms with van der Waals surface area (Å²) in [7, 11) is 3.29. The first kappa shape index (κ1) is 25.3. The molecule has 3 N–H and O–H groups in total. The zero-order valence-corrected chi connectivity index (χ0v) is 18.8. The SMILES string of the molecule is COc1cccc(-c2cccc(C3(c4ccccc4)N=C(N)N(C)C3=O)c2)c1.O=C(O)C(F)(F)F. The summed E-state index contributed by atoms with van der Waals surface area (Å²) in [4.78, 5) is 28.2.